The number of benzene rings is 10. The number of hydrogen-bond donors (Lipinski definition) is 0. The monoisotopic (exact) mass is 662 g/mol. The largest absolute Gasteiger partial charge is 0.134 e. The third-order valence-corrected chi connectivity index (χ3v) is 12.0. The van der Waals surface area contributed by atoms with Crippen molar-refractivity contribution in [3.63, 3.8) is 0 Å². The van der Waals surface area contributed by atoms with Crippen LogP contribution in [0.5, 0.6) is 0 Å². The van der Waals surface area contributed by atoms with Gasteiger partial charge in [0, 0.05) is 25.6 Å². The zero-order chi connectivity index (χ0) is 33.5. The Morgan fingerprint density at radius 2 is 0.824 bits per heavy atom. The van der Waals surface area contributed by atoms with E-state index in [9.17, 15) is 0 Å². The lowest BCUT2D eigenvalue weighted by Gasteiger charge is -2.19. The Labute approximate surface area is 299 Å². The topological polar surface area (TPSA) is 0 Å². The second-order valence-corrected chi connectivity index (χ2v) is 14.6. The maximum absolute atomic E-state index is 2.44. The van der Waals surface area contributed by atoms with E-state index in [1.54, 1.807) is 0 Å². The van der Waals surface area contributed by atoms with Crippen molar-refractivity contribution in [3.05, 3.63) is 182 Å². The molecule has 10 aromatic carbocycles. The highest BCUT2D eigenvalue weighted by Gasteiger charge is 2.20. The Bertz CT molecular complexity index is 3130. The van der Waals surface area contributed by atoms with Gasteiger partial charge < -0.3 is 0 Å². The molecule has 0 spiro atoms. The van der Waals surface area contributed by atoms with Gasteiger partial charge in [0.25, 0.3) is 0 Å². The zero-order valence-electron chi connectivity index (χ0n) is 27.7. The third kappa shape index (κ3) is 4.26. The van der Waals surface area contributed by atoms with Crippen molar-refractivity contribution in [1.29, 1.82) is 0 Å². The van der Waals surface area contributed by atoms with E-state index >= 15 is 0 Å². The first-order valence-corrected chi connectivity index (χ1v) is 18.4. The summed E-state index contributed by atoms with van der Waals surface area (Å²) in [7, 11) is 0. The summed E-state index contributed by atoms with van der Waals surface area (Å²) in [6.45, 7) is 0. The minimum absolute atomic E-state index is 1.23. The van der Waals surface area contributed by atoms with Crippen LogP contribution < -0.4 is 0 Å². The van der Waals surface area contributed by atoms with Crippen LogP contribution in [0.3, 0.4) is 0 Å². The molecular weight excluding hydrogens is 633 g/mol. The maximum atomic E-state index is 2.44. The second-order valence-electron chi connectivity index (χ2n) is 13.6. The molecule has 1 aromatic heterocycles. The summed E-state index contributed by atoms with van der Waals surface area (Å²) in [6, 6.07) is 67.4. The molecule has 1 heterocycles. The van der Waals surface area contributed by atoms with Crippen LogP contribution in [0.25, 0.3) is 107 Å². The molecule has 11 aromatic rings. The summed E-state index contributed by atoms with van der Waals surface area (Å²) in [4.78, 5) is 0. The van der Waals surface area contributed by atoms with Crippen LogP contribution in [0.2, 0.25) is 0 Å². The van der Waals surface area contributed by atoms with Crippen LogP contribution in [-0.2, 0) is 0 Å². The van der Waals surface area contributed by atoms with Crippen LogP contribution >= 0.6 is 11.3 Å². The lowest BCUT2D eigenvalue weighted by atomic mass is 9.84. The average Bonchev–Trinajstić information content (AvgIpc) is 3.59. The van der Waals surface area contributed by atoms with E-state index in [2.05, 4.69) is 182 Å². The molecule has 0 radical (unpaired) electrons. The summed E-state index contributed by atoms with van der Waals surface area (Å²) < 4.78 is 2.69. The number of thiophene rings is 1. The fourth-order valence-corrected chi connectivity index (χ4v) is 9.90. The first kappa shape index (κ1) is 28.5. The summed E-state index contributed by atoms with van der Waals surface area (Å²) >= 11 is 1.92. The molecule has 0 bridgehead atoms. The molecule has 0 fully saturated rings. The average molecular weight is 663 g/mol. The predicted molar refractivity (Wildman–Crippen MR) is 223 cm³/mol. The van der Waals surface area contributed by atoms with Crippen LogP contribution in [0, 0.1) is 0 Å². The fourth-order valence-electron chi connectivity index (χ4n) is 8.60. The first-order valence-electron chi connectivity index (χ1n) is 17.6. The fraction of sp³-hybridized carbons (Fsp3) is 0. The summed E-state index contributed by atoms with van der Waals surface area (Å²) in [5.41, 5.74) is 7.57. The maximum Gasteiger partial charge on any atom is 0.0440 e. The van der Waals surface area contributed by atoms with Crippen LogP contribution in [-0.4, -0.2) is 0 Å². The normalized spacial score (nSPS) is 11.9. The van der Waals surface area contributed by atoms with Gasteiger partial charge >= 0.3 is 0 Å². The SMILES string of the molecule is c1ccc(-c2c3ccccc3c(-c3cc(-c4ccc5c(c4)sc4c6ccccc6c6ccccc6c54)cc4ccccc34)c3ccccc23)cc1. The molecule has 51 heavy (non-hydrogen) atoms. The van der Waals surface area contributed by atoms with E-state index in [4.69, 9.17) is 0 Å². The van der Waals surface area contributed by atoms with Gasteiger partial charge in [0.05, 0.1) is 0 Å². The number of fused-ring (bicyclic) bond motifs is 11. The van der Waals surface area contributed by atoms with Crippen molar-refractivity contribution in [1.82, 2.24) is 0 Å². The van der Waals surface area contributed by atoms with Crippen molar-refractivity contribution in [2.75, 3.05) is 0 Å². The first-order chi connectivity index (χ1) is 25.3. The molecule has 0 aliphatic heterocycles. The Morgan fingerprint density at radius 3 is 1.51 bits per heavy atom. The van der Waals surface area contributed by atoms with Gasteiger partial charge in [-0.1, -0.05) is 164 Å². The van der Waals surface area contributed by atoms with Gasteiger partial charge in [-0.3, -0.25) is 0 Å². The molecule has 11 rings (SSSR count). The molecular formula is C50H30S. The van der Waals surface area contributed by atoms with E-state index < -0.39 is 0 Å². The highest BCUT2D eigenvalue weighted by molar-refractivity contribution is 7.27. The van der Waals surface area contributed by atoms with E-state index in [1.807, 2.05) is 11.3 Å². The van der Waals surface area contributed by atoms with Gasteiger partial charge in [0.15, 0.2) is 0 Å². The second kappa shape index (κ2) is 11.1. The number of rotatable bonds is 3. The molecule has 0 N–H and O–H groups in total. The van der Waals surface area contributed by atoms with Gasteiger partial charge in [0.2, 0.25) is 0 Å². The molecule has 0 nitrogen and oxygen atoms in total. The smallest absolute Gasteiger partial charge is 0.0440 e. The molecule has 0 atom stereocenters. The van der Waals surface area contributed by atoms with Crippen molar-refractivity contribution >= 4 is 85.4 Å². The quantitative estimate of drug-likeness (QED) is 0.130. The Kier molecular flexibility index (Phi) is 6.22. The Balaban J connectivity index is 1.20. The Morgan fingerprint density at radius 1 is 0.294 bits per heavy atom. The van der Waals surface area contributed by atoms with E-state index in [0.717, 1.165) is 0 Å². The summed E-state index contributed by atoms with van der Waals surface area (Å²) in [5, 5.41) is 15.6. The van der Waals surface area contributed by atoms with E-state index in [1.165, 1.54) is 107 Å². The third-order valence-electron chi connectivity index (χ3n) is 10.8. The molecule has 0 aliphatic rings. The van der Waals surface area contributed by atoms with Crippen LogP contribution in [0.4, 0.5) is 0 Å². The van der Waals surface area contributed by atoms with Crippen molar-refractivity contribution in [3.8, 4) is 33.4 Å². The lowest BCUT2D eigenvalue weighted by molar-refractivity contribution is 1.65. The van der Waals surface area contributed by atoms with Gasteiger partial charge in [-0.25, -0.2) is 0 Å². The van der Waals surface area contributed by atoms with Crippen molar-refractivity contribution < 1.29 is 0 Å². The molecule has 0 unspecified atom stereocenters. The van der Waals surface area contributed by atoms with E-state index in [-0.39, 0.29) is 0 Å². The van der Waals surface area contributed by atoms with Crippen LogP contribution in [0.15, 0.2) is 182 Å². The minimum atomic E-state index is 1.23. The molecule has 0 saturated carbocycles. The molecule has 0 aliphatic carbocycles. The van der Waals surface area contributed by atoms with Crippen LogP contribution in [0.1, 0.15) is 0 Å². The van der Waals surface area contributed by atoms with E-state index in [0.29, 0.717) is 0 Å². The Hall–Kier alpha value is -6.28. The predicted octanol–water partition coefficient (Wildman–Crippen LogP) is 14.8. The minimum Gasteiger partial charge on any atom is -0.134 e. The van der Waals surface area contributed by atoms with Gasteiger partial charge in [-0.15, -0.1) is 11.3 Å². The number of hydrogen-bond acceptors (Lipinski definition) is 1. The molecule has 236 valence electrons. The zero-order valence-corrected chi connectivity index (χ0v) is 28.5. The molecule has 0 saturated heterocycles. The van der Waals surface area contributed by atoms with Crippen molar-refractivity contribution in [2.24, 2.45) is 0 Å². The van der Waals surface area contributed by atoms with Crippen molar-refractivity contribution in [2.45, 2.75) is 0 Å². The highest BCUT2D eigenvalue weighted by Crippen LogP contribution is 2.48. The highest BCUT2D eigenvalue weighted by atomic mass is 32.1. The van der Waals surface area contributed by atoms with Gasteiger partial charge in [0.1, 0.15) is 0 Å². The molecule has 0 amide bonds. The van der Waals surface area contributed by atoms with Gasteiger partial charge in [-0.2, -0.15) is 0 Å². The van der Waals surface area contributed by atoms with Gasteiger partial charge in [-0.05, 0) is 100 Å². The summed E-state index contributed by atoms with van der Waals surface area (Å²) in [5.74, 6) is 0. The molecule has 1 heteroatoms. The standard InChI is InChI=1S/C50H30S/c1-2-14-31(15-3-1)47-39-21-9-11-23-41(39)48(42-24-12-10-22-40(42)47)45-29-34(28-33-16-4-5-17-35(33)45)32-26-27-44-46(30-32)51-50-43-25-13-7-19-37(43)36-18-6-8-20-38(36)49(44)50/h1-30H. The summed E-state index contributed by atoms with van der Waals surface area (Å²) in [6.07, 6.45) is 0. The lowest BCUT2D eigenvalue weighted by Crippen LogP contribution is -1.92.